The highest BCUT2D eigenvalue weighted by atomic mass is 32.2. The lowest BCUT2D eigenvalue weighted by Crippen LogP contribution is -2.33. The van der Waals surface area contributed by atoms with Crippen LogP contribution in [0.4, 0.5) is 0 Å². The number of hydrogen-bond acceptors (Lipinski definition) is 6. The zero-order valence-corrected chi connectivity index (χ0v) is 18.4. The molecular weight excluding hydrogens is 404 g/mol. The summed E-state index contributed by atoms with van der Waals surface area (Å²) in [5, 5.41) is 11.4. The highest BCUT2D eigenvalue weighted by Gasteiger charge is 2.21. The lowest BCUT2D eigenvalue weighted by molar-refractivity contribution is -0.127. The molecule has 0 N–H and O–H groups in total. The minimum atomic E-state index is 0.0488. The fourth-order valence-electron chi connectivity index (χ4n) is 2.88. The number of carbonyl (C=O) groups excluding carboxylic acids is 1. The van der Waals surface area contributed by atoms with Crippen molar-refractivity contribution in [2.75, 3.05) is 26.0 Å². The molecule has 2 heterocycles. The van der Waals surface area contributed by atoms with Gasteiger partial charge in [0.05, 0.1) is 23.4 Å². The SMILES string of the molecule is C=C(C)CN(CC)C(=O)CSc1nnc(-c2cccs2)n1-c1ccccc1OC. The van der Waals surface area contributed by atoms with Crippen molar-refractivity contribution >= 4 is 29.0 Å². The summed E-state index contributed by atoms with van der Waals surface area (Å²) in [4.78, 5) is 15.5. The Morgan fingerprint density at radius 3 is 2.72 bits per heavy atom. The van der Waals surface area contributed by atoms with E-state index in [2.05, 4.69) is 16.8 Å². The third kappa shape index (κ3) is 4.89. The topological polar surface area (TPSA) is 60.2 Å². The lowest BCUT2D eigenvalue weighted by atomic mass is 10.3. The molecule has 0 saturated carbocycles. The van der Waals surface area contributed by atoms with Crippen molar-refractivity contribution in [2.45, 2.75) is 19.0 Å². The Labute approximate surface area is 179 Å². The molecule has 0 radical (unpaired) electrons. The first-order valence-corrected chi connectivity index (χ1v) is 11.1. The summed E-state index contributed by atoms with van der Waals surface area (Å²) >= 11 is 2.97. The predicted octanol–water partition coefficient (Wildman–Crippen LogP) is 4.52. The van der Waals surface area contributed by atoms with Crippen LogP contribution in [0.15, 0.2) is 59.1 Å². The third-order valence-corrected chi connectivity index (χ3v) is 6.00. The van der Waals surface area contributed by atoms with E-state index in [1.807, 2.05) is 60.2 Å². The summed E-state index contributed by atoms with van der Waals surface area (Å²) in [5.74, 6) is 1.77. The maximum Gasteiger partial charge on any atom is 0.233 e. The van der Waals surface area contributed by atoms with Crippen LogP contribution in [-0.2, 0) is 4.79 Å². The molecule has 0 atom stereocenters. The van der Waals surface area contributed by atoms with E-state index in [-0.39, 0.29) is 11.7 Å². The average Bonchev–Trinajstić information content (AvgIpc) is 3.39. The molecule has 0 spiro atoms. The Morgan fingerprint density at radius 1 is 1.28 bits per heavy atom. The number of methoxy groups -OCH3 is 1. The Bertz CT molecular complexity index is 982. The summed E-state index contributed by atoms with van der Waals surface area (Å²) in [6.45, 7) is 9.01. The number of carbonyl (C=O) groups is 1. The van der Waals surface area contributed by atoms with Crippen molar-refractivity contribution in [1.29, 1.82) is 0 Å². The number of para-hydroxylation sites is 2. The molecule has 0 fully saturated rings. The fraction of sp³-hybridized carbons (Fsp3) is 0.286. The first kappa shape index (κ1) is 21.1. The van der Waals surface area contributed by atoms with Gasteiger partial charge in [0.2, 0.25) is 5.91 Å². The van der Waals surface area contributed by atoms with Gasteiger partial charge in [-0.25, -0.2) is 0 Å². The van der Waals surface area contributed by atoms with Crippen LogP contribution in [0.25, 0.3) is 16.4 Å². The molecule has 8 heteroatoms. The molecule has 2 aromatic heterocycles. The number of thiophene rings is 1. The van der Waals surface area contributed by atoms with Crippen molar-refractivity contribution in [3.8, 4) is 22.1 Å². The molecule has 0 saturated heterocycles. The Hall–Kier alpha value is -2.58. The summed E-state index contributed by atoms with van der Waals surface area (Å²) in [5.41, 5.74) is 1.80. The van der Waals surface area contributed by atoms with Gasteiger partial charge in [-0.3, -0.25) is 9.36 Å². The molecule has 3 rings (SSSR count). The minimum absolute atomic E-state index is 0.0488. The van der Waals surface area contributed by atoms with Crippen molar-refractivity contribution in [1.82, 2.24) is 19.7 Å². The van der Waals surface area contributed by atoms with E-state index >= 15 is 0 Å². The lowest BCUT2D eigenvalue weighted by Gasteiger charge is -2.20. The van der Waals surface area contributed by atoms with Crippen LogP contribution in [0.2, 0.25) is 0 Å². The second-order valence-corrected chi connectivity index (χ2v) is 8.33. The highest BCUT2D eigenvalue weighted by molar-refractivity contribution is 7.99. The molecule has 0 unspecified atom stereocenters. The second-order valence-electron chi connectivity index (χ2n) is 6.44. The Kier molecular flexibility index (Phi) is 7.11. The third-order valence-electron chi connectivity index (χ3n) is 4.22. The second kappa shape index (κ2) is 9.76. The maximum atomic E-state index is 12.7. The van der Waals surface area contributed by atoms with Crippen LogP contribution in [0.5, 0.6) is 5.75 Å². The molecule has 0 bridgehead atoms. The summed E-state index contributed by atoms with van der Waals surface area (Å²) < 4.78 is 7.51. The number of amides is 1. The van der Waals surface area contributed by atoms with E-state index in [0.29, 0.717) is 18.2 Å². The van der Waals surface area contributed by atoms with E-state index in [1.165, 1.54) is 11.8 Å². The fourth-order valence-corrected chi connectivity index (χ4v) is 4.43. The number of likely N-dealkylation sites (N-methyl/N-ethyl adjacent to an activating group) is 1. The van der Waals surface area contributed by atoms with Gasteiger partial charge in [-0.2, -0.15) is 0 Å². The first-order chi connectivity index (χ1) is 14.0. The Balaban J connectivity index is 1.93. The van der Waals surface area contributed by atoms with E-state index in [1.54, 1.807) is 23.3 Å². The van der Waals surface area contributed by atoms with Gasteiger partial charge >= 0.3 is 0 Å². The predicted molar refractivity (Wildman–Crippen MR) is 119 cm³/mol. The molecule has 0 aliphatic heterocycles. The van der Waals surface area contributed by atoms with Gasteiger partial charge in [0.1, 0.15) is 5.75 Å². The van der Waals surface area contributed by atoms with Crippen LogP contribution in [-0.4, -0.2) is 51.5 Å². The summed E-state index contributed by atoms with van der Waals surface area (Å²) in [6.07, 6.45) is 0. The van der Waals surface area contributed by atoms with Gasteiger partial charge in [-0.1, -0.05) is 42.1 Å². The normalized spacial score (nSPS) is 10.7. The van der Waals surface area contributed by atoms with Crippen LogP contribution >= 0.6 is 23.1 Å². The number of nitrogens with zero attached hydrogens (tertiary/aromatic N) is 4. The number of thioether (sulfide) groups is 1. The number of aromatic nitrogens is 3. The number of rotatable bonds is 9. The zero-order valence-electron chi connectivity index (χ0n) is 16.8. The highest BCUT2D eigenvalue weighted by Crippen LogP contribution is 2.34. The van der Waals surface area contributed by atoms with Crippen LogP contribution in [0.1, 0.15) is 13.8 Å². The van der Waals surface area contributed by atoms with Gasteiger partial charge in [0.25, 0.3) is 0 Å². The molecule has 3 aromatic rings. The first-order valence-electron chi connectivity index (χ1n) is 9.22. The van der Waals surface area contributed by atoms with Crippen molar-refractivity contribution in [3.05, 3.63) is 53.9 Å². The molecule has 0 aliphatic carbocycles. The van der Waals surface area contributed by atoms with Gasteiger partial charge in [0.15, 0.2) is 11.0 Å². The molecule has 152 valence electrons. The quantitative estimate of drug-likeness (QED) is 0.370. The van der Waals surface area contributed by atoms with E-state index in [4.69, 9.17) is 4.74 Å². The van der Waals surface area contributed by atoms with Crippen molar-refractivity contribution in [3.63, 3.8) is 0 Å². The van der Waals surface area contributed by atoms with Crippen LogP contribution in [0.3, 0.4) is 0 Å². The minimum Gasteiger partial charge on any atom is -0.495 e. The monoisotopic (exact) mass is 428 g/mol. The smallest absolute Gasteiger partial charge is 0.233 e. The number of hydrogen-bond donors (Lipinski definition) is 0. The maximum absolute atomic E-state index is 12.7. The van der Waals surface area contributed by atoms with E-state index in [0.717, 1.165) is 27.7 Å². The standard InChI is InChI=1S/C21H24N4O2S2/c1-5-24(13-15(2)3)19(26)14-29-21-23-22-20(18-11-8-12-28-18)25(21)16-9-6-7-10-17(16)27-4/h6-12H,2,5,13-14H2,1,3-4H3. The van der Waals surface area contributed by atoms with Gasteiger partial charge < -0.3 is 9.64 Å². The molecule has 1 amide bonds. The largest absolute Gasteiger partial charge is 0.495 e. The molecular formula is C21H24N4O2S2. The van der Waals surface area contributed by atoms with Crippen LogP contribution < -0.4 is 4.74 Å². The average molecular weight is 429 g/mol. The van der Waals surface area contributed by atoms with Gasteiger partial charge in [-0.05, 0) is 37.4 Å². The summed E-state index contributed by atoms with van der Waals surface area (Å²) in [7, 11) is 1.64. The van der Waals surface area contributed by atoms with Gasteiger partial charge in [0, 0.05) is 13.1 Å². The van der Waals surface area contributed by atoms with E-state index in [9.17, 15) is 4.79 Å². The molecule has 6 nitrogen and oxygen atoms in total. The van der Waals surface area contributed by atoms with Gasteiger partial charge in [-0.15, -0.1) is 21.5 Å². The summed E-state index contributed by atoms with van der Waals surface area (Å²) in [6, 6.07) is 11.7. The zero-order chi connectivity index (χ0) is 20.8. The number of benzene rings is 1. The Morgan fingerprint density at radius 2 is 2.07 bits per heavy atom. The van der Waals surface area contributed by atoms with Crippen molar-refractivity contribution in [2.24, 2.45) is 0 Å². The molecule has 1 aromatic carbocycles. The molecule has 29 heavy (non-hydrogen) atoms. The van der Waals surface area contributed by atoms with Crippen LogP contribution in [0, 0.1) is 0 Å². The van der Waals surface area contributed by atoms with E-state index < -0.39 is 0 Å². The van der Waals surface area contributed by atoms with Crippen molar-refractivity contribution < 1.29 is 9.53 Å². The molecule has 0 aliphatic rings. The number of ether oxygens (including phenoxy) is 1.